The fourth-order valence-corrected chi connectivity index (χ4v) is 3.72. The molecule has 0 aliphatic carbocycles. The molecule has 0 N–H and O–H groups in total. The number of amides is 2. The van der Waals surface area contributed by atoms with Gasteiger partial charge in [-0.3, -0.25) is 9.69 Å². The van der Waals surface area contributed by atoms with Crippen LogP contribution < -0.4 is 0 Å². The van der Waals surface area contributed by atoms with Gasteiger partial charge in [0.15, 0.2) is 9.84 Å². The summed E-state index contributed by atoms with van der Waals surface area (Å²) >= 11 is 0. The maximum absolute atomic E-state index is 11.9. The van der Waals surface area contributed by atoms with Crippen molar-refractivity contribution in [1.82, 2.24) is 9.80 Å². The summed E-state index contributed by atoms with van der Waals surface area (Å²) in [5.74, 6) is -0.486. The third-order valence-electron chi connectivity index (χ3n) is 4.31. The first kappa shape index (κ1) is 17.1. The van der Waals surface area contributed by atoms with Gasteiger partial charge in [-0.15, -0.1) is 0 Å². The largest absolute Gasteiger partial charge is 0.447 e. The minimum absolute atomic E-state index is 0.0599. The molecule has 2 amide bonds. The molecule has 22 heavy (non-hydrogen) atoms. The predicted molar refractivity (Wildman–Crippen MR) is 81.1 cm³/mol. The molecule has 0 radical (unpaired) electrons. The lowest BCUT2D eigenvalue weighted by Gasteiger charge is -2.38. The van der Waals surface area contributed by atoms with E-state index in [9.17, 15) is 18.0 Å². The number of piperidine rings is 1. The van der Waals surface area contributed by atoms with E-state index in [1.165, 1.54) is 0 Å². The molecule has 1 atom stereocenters. The van der Waals surface area contributed by atoms with Crippen LogP contribution in [0.25, 0.3) is 0 Å². The summed E-state index contributed by atoms with van der Waals surface area (Å²) in [7, 11) is -3.31. The van der Waals surface area contributed by atoms with Gasteiger partial charge in [0.2, 0.25) is 5.91 Å². The molecule has 2 rings (SSSR count). The van der Waals surface area contributed by atoms with E-state index >= 15 is 0 Å². The topological polar surface area (TPSA) is 84.0 Å². The molecule has 0 aromatic heterocycles. The highest BCUT2D eigenvalue weighted by atomic mass is 32.2. The summed E-state index contributed by atoms with van der Waals surface area (Å²) in [5, 5.41) is 0. The van der Waals surface area contributed by atoms with Crippen molar-refractivity contribution in [3.8, 4) is 0 Å². The molecule has 0 saturated carbocycles. The van der Waals surface area contributed by atoms with E-state index in [-0.39, 0.29) is 24.1 Å². The Morgan fingerprint density at radius 2 is 1.91 bits per heavy atom. The number of hydrogen-bond donors (Lipinski definition) is 0. The summed E-state index contributed by atoms with van der Waals surface area (Å²) in [5.41, 5.74) is 0. The van der Waals surface area contributed by atoms with Gasteiger partial charge in [-0.2, -0.15) is 0 Å². The fraction of sp³-hybridized carbons (Fsp3) is 0.857. The van der Waals surface area contributed by atoms with Crippen LogP contribution in [0.3, 0.4) is 0 Å². The summed E-state index contributed by atoms with van der Waals surface area (Å²) in [6, 6.07) is 0.139. The van der Waals surface area contributed by atoms with Gasteiger partial charge in [0.05, 0.1) is 6.04 Å². The number of cyclic esters (lactones) is 1. The molecular weight excluding hydrogens is 308 g/mol. The van der Waals surface area contributed by atoms with E-state index in [1.54, 1.807) is 4.90 Å². The molecule has 2 aliphatic heterocycles. The number of sulfone groups is 1. The first-order chi connectivity index (χ1) is 10.2. The molecule has 0 aromatic carbocycles. The lowest BCUT2D eigenvalue weighted by Crippen LogP contribution is -2.51. The van der Waals surface area contributed by atoms with E-state index in [4.69, 9.17) is 4.74 Å². The Morgan fingerprint density at radius 3 is 2.41 bits per heavy atom. The van der Waals surface area contributed by atoms with Crippen LogP contribution in [0, 0.1) is 5.92 Å². The van der Waals surface area contributed by atoms with Crippen LogP contribution in [-0.2, 0) is 19.4 Å². The molecule has 0 bridgehead atoms. The second-order valence-corrected chi connectivity index (χ2v) is 8.62. The SMILES string of the molecule is CC(C)C1COC(=O)N1C1CCN(C(=O)CS(C)(=O)=O)CC1. The van der Waals surface area contributed by atoms with Crippen molar-refractivity contribution in [3.63, 3.8) is 0 Å². The Kier molecular flexibility index (Phi) is 4.99. The van der Waals surface area contributed by atoms with Gasteiger partial charge < -0.3 is 9.64 Å². The van der Waals surface area contributed by atoms with Crippen molar-refractivity contribution in [3.05, 3.63) is 0 Å². The monoisotopic (exact) mass is 332 g/mol. The Balaban J connectivity index is 1.94. The number of likely N-dealkylation sites (tertiary alicyclic amines) is 1. The fourth-order valence-electron chi connectivity index (χ4n) is 3.09. The van der Waals surface area contributed by atoms with E-state index in [0.29, 0.717) is 38.5 Å². The molecule has 0 aromatic rings. The number of hydrogen-bond acceptors (Lipinski definition) is 5. The molecule has 2 aliphatic rings. The van der Waals surface area contributed by atoms with Crippen molar-refractivity contribution in [2.75, 3.05) is 31.7 Å². The maximum atomic E-state index is 11.9. The van der Waals surface area contributed by atoms with Crippen LogP contribution in [-0.4, -0.2) is 74.0 Å². The highest BCUT2D eigenvalue weighted by Gasteiger charge is 2.41. The third kappa shape index (κ3) is 3.91. The van der Waals surface area contributed by atoms with Crippen LogP contribution in [0.4, 0.5) is 4.79 Å². The molecule has 2 heterocycles. The molecule has 7 nitrogen and oxygen atoms in total. The minimum atomic E-state index is -3.31. The van der Waals surface area contributed by atoms with Gasteiger partial charge in [0.1, 0.15) is 12.4 Å². The second-order valence-electron chi connectivity index (χ2n) is 6.48. The summed E-state index contributed by atoms with van der Waals surface area (Å²) in [6.07, 6.45) is 2.10. The van der Waals surface area contributed by atoms with Crippen LogP contribution >= 0.6 is 0 Å². The van der Waals surface area contributed by atoms with Gasteiger partial charge in [-0.25, -0.2) is 13.2 Å². The summed E-state index contributed by atoms with van der Waals surface area (Å²) in [4.78, 5) is 27.2. The predicted octanol–water partition coefficient (Wildman–Crippen LogP) is 0.499. The standard InChI is InChI=1S/C14H24N2O5S/c1-10(2)12-8-21-14(18)16(12)11-4-6-15(7-5-11)13(17)9-22(3,19)20/h10-12H,4-9H2,1-3H3. The summed E-state index contributed by atoms with van der Waals surface area (Å²) < 4.78 is 27.6. The van der Waals surface area contributed by atoms with Crippen LogP contribution in [0.5, 0.6) is 0 Å². The number of ether oxygens (including phenoxy) is 1. The number of rotatable bonds is 4. The van der Waals surface area contributed by atoms with E-state index in [2.05, 4.69) is 13.8 Å². The molecule has 126 valence electrons. The van der Waals surface area contributed by atoms with E-state index in [1.807, 2.05) is 4.90 Å². The van der Waals surface area contributed by atoms with Gasteiger partial charge in [-0.1, -0.05) is 13.8 Å². The lowest BCUT2D eigenvalue weighted by molar-refractivity contribution is -0.129. The maximum Gasteiger partial charge on any atom is 0.410 e. The molecule has 8 heteroatoms. The van der Waals surface area contributed by atoms with Gasteiger partial charge in [0, 0.05) is 25.4 Å². The zero-order valence-corrected chi connectivity index (χ0v) is 14.1. The Bertz CT molecular complexity index is 537. The Labute approximate surface area is 131 Å². The van der Waals surface area contributed by atoms with E-state index in [0.717, 1.165) is 6.26 Å². The van der Waals surface area contributed by atoms with Crippen LogP contribution in [0.2, 0.25) is 0 Å². The number of nitrogens with zero attached hydrogens (tertiary/aromatic N) is 2. The highest BCUT2D eigenvalue weighted by molar-refractivity contribution is 7.91. The minimum Gasteiger partial charge on any atom is -0.447 e. The molecule has 2 fully saturated rings. The Morgan fingerprint density at radius 1 is 1.32 bits per heavy atom. The van der Waals surface area contributed by atoms with Crippen molar-refractivity contribution in [2.45, 2.75) is 38.8 Å². The highest BCUT2D eigenvalue weighted by Crippen LogP contribution is 2.27. The quantitative estimate of drug-likeness (QED) is 0.748. The number of carbonyl (C=O) groups is 2. The van der Waals surface area contributed by atoms with Crippen molar-refractivity contribution in [1.29, 1.82) is 0 Å². The molecular formula is C14H24N2O5S. The molecule has 1 unspecified atom stereocenters. The zero-order valence-electron chi connectivity index (χ0n) is 13.3. The number of carbonyl (C=O) groups excluding carboxylic acids is 2. The second kappa shape index (κ2) is 6.44. The normalized spacial score (nSPS) is 24.0. The average Bonchev–Trinajstić information content (AvgIpc) is 2.79. The average molecular weight is 332 g/mol. The zero-order chi connectivity index (χ0) is 16.5. The molecule has 0 spiro atoms. The Hall–Kier alpha value is -1.31. The first-order valence-corrected chi connectivity index (χ1v) is 9.65. The first-order valence-electron chi connectivity index (χ1n) is 7.59. The lowest BCUT2D eigenvalue weighted by atomic mass is 9.98. The molecule has 2 saturated heterocycles. The van der Waals surface area contributed by atoms with Crippen LogP contribution in [0.1, 0.15) is 26.7 Å². The van der Waals surface area contributed by atoms with E-state index < -0.39 is 15.6 Å². The smallest absolute Gasteiger partial charge is 0.410 e. The van der Waals surface area contributed by atoms with Gasteiger partial charge in [-0.05, 0) is 18.8 Å². The van der Waals surface area contributed by atoms with Crippen molar-refractivity contribution in [2.24, 2.45) is 5.92 Å². The third-order valence-corrected chi connectivity index (χ3v) is 5.08. The summed E-state index contributed by atoms with van der Waals surface area (Å²) in [6.45, 7) is 5.50. The van der Waals surface area contributed by atoms with Crippen molar-refractivity contribution < 1.29 is 22.7 Å². The van der Waals surface area contributed by atoms with Gasteiger partial charge >= 0.3 is 6.09 Å². The van der Waals surface area contributed by atoms with Crippen molar-refractivity contribution >= 4 is 21.8 Å². The van der Waals surface area contributed by atoms with Crippen LogP contribution in [0.15, 0.2) is 0 Å². The van der Waals surface area contributed by atoms with Gasteiger partial charge in [0.25, 0.3) is 0 Å².